The van der Waals surface area contributed by atoms with Gasteiger partial charge in [0.1, 0.15) is 0 Å². The van der Waals surface area contributed by atoms with Crippen LogP contribution in [-0.4, -0.2) is 21.5 Å². The summed E-state index contributed by atoms with van der Waals surface area (Å²) in [4.78, 5) is 1.16. The van der Waals surface area contributed by atoms with Crippen molar-refractivity contribution in [2.24, 2.45) is 7.05 Å². The van der Waals surface area contributed by atoms with E-state index in [4.69, 9.17) is 11.6 Å². The van der Waals surface area contributed by atoms with E-state index in [1.54, 1.807) is 16.0 Å². The second kappa shape index (κ2) is 5.48. The average molecular weight is 336 g/mol. The molecule has 0 amide bonds. The monoisotopic (exact) mass is 334 g/mol. The molecule has 0 aliphatic carbocycles. The first-order chi connectivity index (χ1) is 8.13. The molecule has 0 saturated carbocycles. The van der Waals surface area contributed by atoms with Crippen LogP contribution in [0.4, 0.5) is 0 Å². The predicted molar refractivity (Wildman–Crippen MR) is 73.6 cm³/mol. The molecule has 0 aliphatic rings. The highest BCUT2D eigenvalue weighted by atomic mass is 79.9. The third kappa shape index (κ3) is 2.70. The summed E-state index contributed by atoms with van der Waals surface area (Å²) in [6, 6.07) is 4.00. The van der Waals surface area contributed by atoms with Crippen molar-refractivity contribution in [3.05, 3.63) is 31.6 Å². The van der Waals surface area contributed by atoms with E-state index in [9.17, 15) is 0 Å². The molecule has 0 fully saturated rings. The summed E-state index contributed by atoms with van der Waals surface area (Å²) < 4.78 is 3.31. The Morgan fingerprint density at radius 2 is 2.35 bits per heavy atom. The van der Waals surface area contributed by atoms with Gasteiger partial charge >= 0.3 is 0 Å². The molecule has 2 aromatic heterocycles. The zero-order chi connectivity index (χ0) is 12.4. The number of nitrogens with one attached hydrogen (secondary N) is 1. The highest BCUT2D eigenvalue weighted by molar-refractivity contribution is 9.10. The third-order valence-electron chi connectivity index (χ3n) is 2.39. The van der Waals surface area contributed by atoms with Gasteiger partial charge in [0.05, 0.1) is 16.1 Å². The van der Waals surface area contributed by atoms with Gasteiger partial charge in [-0.1, -0.05) is 23.7 Å². The van der Waals surface area contributed by atoms with Crippen LogP contribution in [-0.2, 0) is 7.05 Å². The molecule has 0 spiro atoms. The first kappa shape index (κ1) is 13.0. The van der Waals surface area contributed by atoms with E-state index in [1.807, 2.05) is 19.2 Å². The van der Waals surface area contributed by atoms with Crippen molar-refractivity contribution in [1.29, 1.82) is 0 Å². The Bertz CT molecular complexity index is 491. The molecule has 0 aliphatic heterocycles. The summed E-state index contributed by atoms with van der Waals surface area (Å²) in [7, 11) is 1.88. The zero-order valence-electron chi connectivity index (χ0n) is 9.44. The smallest absolute Gasteiger partial charge is 0.153 e. The van der Waals surface area contributed by atoms with Crippen LogP contribution in [0.1, 0.15) is 23.5 Å². The second-order valence-electron chi connectivity index (χ2n) is 3.52. The van der Waals surface area contributed by atoms with Gasteiger partial charge in [-0.2, -0.15) is 0 Å². The highest BCUT2D eigenvalue weighted by Crippen LogP contribution is 2.33. The van der Waals surface area contributed by atoms with E-state index in [1.165, 1.54) is 0 Å². The second-order valence-corrected chi connectivity index (χ2v) is 6.02. The number of nitrogens with zero attached hydrogens (tertiary/aromatic N) is 3. The summed E-state index contributed by atoms with van der Waals surface area (Å²) in [6.07, 6.45) is 0. The molecule has 7 heteroatoms. The third-order valence-corrected chi connectivity index (χ3v) is 4.25. The van der Waals surface area contributed by atoms with E-state index >= 15 is 0 Å². The molecule has 1 unspecified atom stereocenters. The SMILES string of the molecule is CCNC(c1ccc(Cl)s1)c1c(Br)nnn1C. The van der Waals surface area contributed by atoms with Gasteiger partial charge in [-0.15, -0.1) is 16.4 Å². The van der Waals surface area contributed by atoms with Crippen LogP contribution in [0.3, 0.4) is 0 Å². The van der Waals surface area contributed by atoms with Gasteiger partial charge in [0, 0.05) is 11.9 Å². The molecule has 0 aromatic carbocycles. The summed E-state index contributed by atoms with van der Waals surface area (Å²) in [6.45, 7) is 2.93. The van der Waals surface area contributed by atoms with Crippen LogP contribution < -0.4 is 5.32 Å². The summed E-state index contributed by atoms with van der Waals surface area (Å²) in [5.41, 5.74) is 1.00. The predicted octanol–water partition coefficient (Wildman–Crippen LogP) is 2.99. The van der Waals surface area contributed by atoms with Crippen LogP contribution in [0.2, 0.25) is 4.34 Å². The molecule has 92 valence electrons. The van der Waals surface area contributed by atoms with Crippen molar-refractivity contribution in [2.75, 3.05) is 6.54 Å². The number of aryl methyl sites for hydroxylation is 1. The van der Waals surface area contributed by atoms with Crippen molar-refractivity contribution < 1.29 is 0 Å². The van der Waals surface area contributed by atoms with E-state index in [0.29, 0.717) is 0 Å². The molecule has 4 nitrogen and oxygen atoms in total. The number of hydrogen-bond acceptors (Lipinski definition) is 4. The summed E-state index contributed by atoms with van der Waals surface area (Å²) >= 11 is 11.0. The summed E-state index contributed by atoms with van der Waals surface area (Å²) in [5.74, 6) is 0. The first-order valence-electron chi connectivity index (χ1n) is 5.17. The van der Waals surface area contributed by atoms with Gasteiger partial charge in [0.2, 0.25) is 0 Å². The first-order valence-corrected chi connectivity index (χ1v) is 7.16. The van der Waals surface area contributed by atoms with Crippen molar-refractivity contribution in [3.8, 4) is 0 Å². The normalized spacial score (nSPS) is 12.9. The van der Waals surface area contributed by atoms with Gasteiger partial charge < -0.3 is 5.32 Å². The molecule has 2 aromatic rings. The molecule has 1 N–H and O–H groups in total. The lowest BCUT2D eigenvalue weighted by Crippen LogP contribution is -2.23. The fourth-order valence-electron chi connectivity index (χ4n) is 1.66. The van der Waals surface area contributed by atoms with Crippen LogP contribution >= 0.6 is 38.9 Å². The molecule has 0 saturated heterocycles. The van der Waals surface area contributed by atoms with Crippen LogP contribution in [0.25, 0.3) is 0 Å². The minimum absolute atomic E-state index is 0.0619. The molecule has 2 rings (SSSR count). The minimum Gasteiger partial charge on any atom is -0.305 e. The van der Waals surface area contributed by atoms with Crippen molar-refractivity contribution in [2.45, 2.75) is 13.0 Å². The van der Waals surface area contributed by atoms with Gasteiger partial charge in [-0.05, 0) is 34.6 Å². The Hall–Kier alpha value is -0.430. The van der Waals surface area contributed by atoms with Crippen molar-refractivity contribution >= 4 is 38.9 Å². The maximum atomic E-state index is 5.99. The largest absolute Gasteiger partial charge is 0.305 e. The van der Waals surface area contributed by atoms with Crippen LogP contribution in [0, 0.1) is 0 Å². The lowest BCUT2D eigenvalue weighted by molar-refractivity contribution is 0.573. The quantitative estimate of drug-likeness (QED) is 0.934. The molecular formula is C10H12BrClN4S. The Morgan fingerprint density at radius 3 is 2.82 bits per heavy atom. The van der Waals surface area contributed by atoms with E-state index in [-0.39, 0.29) is 6.04 Å². The minimum atomic E-state index is 0.0619. The van der Waals surface area contributed by atoms with Crippen LogP contribution in [0.15, 0.2) is 16.7 Å². The van der Waals surface area contributed by atoms with Crippen molar-refractivity contribution in [3.63, 3.8) is 0 Å². The van der Waals surface area contributed by atoms with E-state index in [0.717, 1.165) is 26.1 Å². The molecule has 0 bridgehead atoms. The van der Waals surface area contributed by atoms with E-state index < -0.39 is 0 Å². The number of aromatic nitrogens is 3. The topological polar surface area (TPSA) is 42.7 Å². The average Bonchev–Trinajstić information content (AvgIpc) is 2.84. The number of rotatable bonds is 4. The summed E-state index contributed by atoms with van der Waals surface area (Å²) in [5, 5.41) is 11.4. The Morgan fingerprint density at radius 1 is 1.59 bits per heavy atom. The lowest BCUT2D eigenvalue weighted by atomic mass is 10.2. The fraction of sp³-hybridized carbons (Fsp3) is 0.400. The molecule has 2 heterocycles. The number of thiophene rings is 1. The molecule has 17 heavy (non-hydrogen) atoms. The molecular weight excluding hydrogens is 324 g/mol. The van der Waals surface area contributed by atoms with Crippen LogP contribution in [0.5, 0.6) is 0 Å². The Balaban J connectivity index is 2.42. The lowest BCUT2D eigenvalue weighted by Gasteiger charge is -2.16. The highest BCUT2D eigenvalue weighted by Gasteiger charge is 2.22. The Kier molecular flexibility index (Phi) is 4.19. The van der Waals surface area contributed by atoms with Gasteiger partial charge in [-0.25, -0.2) is 4.68 Å². The maximum absolute atomic E-state index is 5.99. The Labute approximate surface area is 117 Å². The maximum Gasteiger partial charge on any atom is 0.153 e. The van der Waals surface area contributed by atoms with Gasteiger partial charge in [0.25, 0.3) is 0 Å². The number of halogens is 2. The van der Waals surface area contributed by atoms with Gasteiger partial charge in [0.15, 0.2) is 4.60 Å². The fourth-order valence-corrected chi connectivity index (χ4v) is 3.36. The zero-order valence-corrected chi connectivity index (χ0v) is 12.6. The standard InChI is InChI=1S/C10H12BrClN4S/c1-3-13-8(6-4-5-7(12)17-6)9-10(11)14-15-16(9)2/h4-5,8,13H,3H2,1-2H3. The van der Waals surface area contributed by atoms with Crippen molar-refractivity contribution in [1.82, 2.24) is 20.3 Å². The molecule has 1 atom stereocenters. The molecule has 0 radical (unpaired) electrons. The van der Waals surface area contributed by atoms with E-state index in [2.05, 4.69) is 38.5 Å². The van der Waals surface area contributed by atoms with Gasteiger partial charge in [-0.3, -0.25) is 0 Å². The number of hydrogen-bond donors (Lipinski definition) is 1.